The van der Waals surface area contributed by atoms with E-state index in [-0.39, 0.29) is 24.3 Å². The van der Waals surface area contributed by atoms with Gasteiger partial charge in [0.1, 0.15) is 18.1 Å². The van der Waals surface area contributed by atoms with E-state index in [1.807, 2.05) is 4.90 Å². The van der Waals surface area contributed by atoms with Gasteiger partial charge in [-0.3, -0.25) is 14.5 Å². The minimum atomic E-state index is -0.334. The fraction of sp³-hybridized carbons (Fsp3) is 0.263. The van der Waals surface area contributed by atoms with E-state index in [9.17, 15) is 9.18 Å². The minimum Gasteiger partial charge on any atom is -0.437 e. The molecule has 1 aliphatic heterocycles. The van der Waals surface area contributed by atoms with Crippen LogP contribution in [0.3, 0.4) is 0 Å². The van der Waals surface area contributed by atoms with Gasteiger partial charge in [0.15, 0.2) is 0 Å². The van der Waals surface area contributed by atoms with Crippen molar-refractivity contribution in [3.8, 4) is 11.6 Å². The number of rotatable bonds is 5. The highest BCUT2D eigenvalue weighted by Crippen LogP contribution is 2.32. The Bertz CT molecular complexity index is 914. The Hall–Kier alpha value is -3.29. The lowest BCUT2D eigenvalue weighted by Gasteiger charge is -2.24. The Morgan fingerprint density at radius 1 is 1.26 bits per heavy atom. The average Bonchev–Trinajstić information content (AvgIpc) is 3.35. The van der Waals surface area contributed by atoms with E-state index in [1.165, 1.54) is 30.5 Å². The van der Waals surface area contributed by atoms with Gasteiger partial charge in [0, 0.05) is 18.9 Å². The molecule has 4 rings (SSSR count). The molecular weight excluding hydrogens is 349 g/mol. The first kappa shape index (κ1) is 17.1. The van der Waals surface area contributed by atoms with Crippen LogP contribution in [0.5, 0.6) is 11.6 Å². The number of aromatic nitrogens is 4. The van der Waals surface area contributed by atoms with Crippen LogP contribution in [0, 0.1) is 5.82 Å². The molecule has 8 heteroatoms. The number of nitrogens with zero attached hydrogens (tertiary/aromatic N) is 5. The van der Waals surface area contributed by atoms with Gasteiger partial charge in [0.25, 0.3) is 0 Å². The second-order valence-electron chi connectivity index (χ2n) is 6.29. The van der Waals surface area contributed by atoms with Crippen LogP contribution in [0.15, 0.2) is 55.1 Å². The van der Waals surface area contributed by atoms with Crippen LogP contribution in [0.25, 0.3) is 0 Å². The molecule has 0 radical (unpaired) electrons. The van der Waals surface area contributed by atoms with E-state index in [0.29, 0.717) is 23.9 Å². The van der Waals surface area contributed by atoms with Gasteiger partial charge >= 0.3 is 0 Å². The van der Waals surface area contributed by atoms with Crippen LogP contribution >= 0.6 is 0 Å². The molecule has 3 heterocycles. The number of carbonyl (C=O) groups excluding carboxylic acids is 1. The van der Waals surface area contributed by atoms with Gasteiger partial charge in [-0.05, 0) is 43.2 Å². The summed E-state index contributed by atoms with van der Waals surface area (Å²) < 4.78 is 20.3. The summed E-state index contributed by atoms with van der Waals surface area (Å²) in [5.74, 6) is 0.443. The second kappa shape index (κ2) is 7.53. The molecule has 1 amide bonds. The maximum Gasteiger partial charge on any atom is 0.244 e. The second-order valence-corrected chi connectivity index (χ2v) is 6.29. The van der Waals surface area contributed by atoms with E-state index >= 15 is 0 Å². The molecule has 1 aromatic carbocycles. The number of benzene rings is 1. The Balaban J connectivity index is 1.50. The van der Waals surface area contributed by atoms with E-state index in [2.05, 4.69) is 15.1 Å². The molecule has 138 valence electrons. The highest BCUT2D eigenvalue weighted by atomic mass is 19.1. The van der Waals surface area contributed by atoms with Crippen molar-refractivity contribution in [1.82, 2.24) is 24.6 Å². The molecule has 1 fully saturated rings. The number of ether oxygens (including phenoxy) is 1. The average molecular weight is 367 g/mol. The Labute approximate surface area is 155 Å². The lowest BCUT2D eigenvalue weighted by molar-refractivity contribution is -0.133. The molecule has 0 saturated carbocycles. The van der Waals surface area contributed by atoms with Crippen molar-refractivity contribution in [3.63, 3.8) is 0 Å². The normalized spacial score (nSPS) is 16.5. The molecule has 0 spiro atoms. The number of halogens is 1. The van der Waals surface area contributed by atoms with Crippen molar-refractivity contribution in [3.05, 3.63) is 66.6 Å². The van der Waals surface area contributed by atoms with Gasteiger partial charge in [-0.1, -0.05) is 0 Å². The summed E-state index contributed by atoms with van der Waals surface area (Å²) in [6, 6.07) is 7.34. The molecule has 1 atom stereocenters. The van der Waals surface area contributed by atoms with Crippen LogP contribution in [-0.4, -0.2) is 37.1 Å². The van der Waals surface area contributed by atoms with Crippen molar-refractivity contribution in [2.45, 2.75) is 25.4 Å². The summed E-state index contributed by atoms with van der Waals surface area (Å²) in [5, 5.41) is 4.09. The Morgan fingerprint density at radius 2 is 2.11 bits per heavy atom. The number of likely N-dealkylation sites (tertiary alicyclic amines) is 1. The zero-order valence-electron chi connectivity index (χ0n) is 14.5. The number of carbonyl (C=O) groups is 1. The Morgan fingerprint density at radius 3 is 2.89 bits per heavy atom. The van der Waals surface area contributed by atoms with Crippen molar-refractivity contribution in [1.29, 1.82) is 0 Å². The molecule has 1 unspecified atom stereocenters. The van der Waals surface area contributed by atoms with Gasteiger partial charge < -0.3 is 9.64 Å². The van der Waals surface area contributed by atoms with Crippen LogP contribution in [0.2, 0.25) is 0 Å². The summed E-state index contributed by atoms with van der Waals surface area (Å²) in [5.41, 5.74) is 0.681. The number of amides is 1. The maximum absolute atomic E-state index is 13.0. The van der Waals surface area contributed by atoms with E-state index in [4.69, 9.17) is 4.74 Å². The lowest BCUT2D eigenvalue weighted by atomic mass is 10.1. The minimum absolute atomic E-state index is 0.00661. The largest absolute Gasteiger partial charge is 0.437 e. The molecule has 2 aromatic heterocycles. The predicted molar refractivity (Wildman–Crippen MR) is 94.4 cm³/mol. The maximum atomic E-state index is 13.0. The molecule has 1 aliphatic rings. The Kier molecular flexibility index (Phi) is 4.78. The fourth-order valence-electron chi connectivity index (χ4n) is 3.19. The molecule has 0 bridgehead atoms. The smallest absolute Gasteiger partial charge is 0.244 e. The summed E-state index contributed by atoms with van der Waals surface area (Å²) >= 11 is 0. The highest BCUT2D eigenvalue weighted by molar-refractivity contribution is 5.76. The molecule has 3 aromatic rings. The van der Waals surface area contributed by atoms with Crippen LogP contribution in [0.4, 0.5) is 4.39 Å². The third kappa shape index (κ3) is 3.94. The van der Waals surface area contributed by atoms with Crippen molar-refractivity contribution in [2.75, 3.05) is 6.54 Å². The third-order valence-electron chi connectivity index (χ3n) is 4.44. The van der Waals surface area contributed by atoms with E-state index in [0.717, 1.165) is 12.8 Å². The molecule has 0 N–H and O–H groups in total. The summed E-state index contributed by atoms with van der Waals surface area (Å²) in [4.78, 5) is 23.2. The third-order valence-corrected chi connectivity index (χ3v) is 4.44. The predicted octanol–water partition coefficient (Wildman–Crippen LogP) is 2.97. The zero-order valence-corrected chi connectivity index (χ0v) is 14.5. The monoisotopic (exact) mass is 367 g/mol. The molecule has 7 nitrogen and oxygen atoms in total. The summed E-state index contributed by atoms with van der Waals surface area (Å²) in [6.45, 7) is 0.873. The van der Waals surface area contributed by atoms with Crippen LogP contribution < -0.4 is 4.74 Å². The van der Waals surface area contributed by atoms with Gasteiger partial charge in [-0.25, -0.2) is 9.37 Å². The van der Waals surface area contributed by atoms with E-state index < -0.39 is 0 Å². The first-order valence-electron chi connectivity index (χ1n) is 8.71. The quantitative estimate of drug-likeness (QED) is 0.693. The van der Waals surface area contributed by atoms with Crippen molar-refractivity contribution in [2.24, 2.45) is 0 Å². The molecular formula is C19H18FN5O2. The number of hydrogen-bond acceptors (Lipinski definition) is 5. The topological polar surface area (TPSA) is 73.1 Å². The molecule has 0 aliphatic carbocycles. The van der Waals surface area contributed by atoms with Gasteiger partial charge in [-0.2, -0.15) is 5.10 Å². The molecule has 27 heavy (non-hydrogen) atoms. The molecule has 1 saturated heterocycles. The summed E-state index contributed by atoms with van der Waals surface area (Å²) in [6.07, 6.45) is 8.29. The number of hydrogen-bond donors (Lipinski definition) is 0. The van der Waals surface area contributed by atoms with Crippen molar-refractivity contribution >= 4 is 5.91 Å². The zero-order chi connectivity index (χ0) is 18.6. The van der Waals surface area contributed by atoms with Crippen LogP contribution in [-0.2, 0) is 11.3 Å². The fourth-order valence-corrected chi connectivity index (χ4v) is 3.19. The standard InChI is InChI=1S/C19H18FN5O2/c20-14-4-6-15(7-5-14)27-18-12-21-11-16(23-18)17-3-1-10-25(17)19(26)13-24-9-2-8-22-24/h2,4-9,11-12,17H,1,3,10,13H2. The van der Waals surface area contributed by atoms with Gasteiger partial charge in [0.2, 0.25) is 11.8 Å². The summed E-state index contributed by atoms with van der Waals surface area (Å²) in [7, 11) is 0. The highest BCUT2D eigenvalue weighted by Gasteiger charge is 2.31. The SMILES string of the molecule is O=C(Cn1cccn1)N1CCCC1c1cncc(Oc2ccc(F)cc2)n1. The van der Waals surface area contributed by atoms with E-state index in [1.54, 1.807) is 29.3 Å². The first-order valence-corrected chi connectivity index (χ1v) is 8.71. The lowest BCUT2D eigenvalue weighted by Crippen LogP contribution is -2.34. The van der Waals surface area contributed by atoms with Crippen molar-refractivity contribution < 1.29 is 13.9 Å². The first-order chi connectivity index (χ1) is 13.2. The van der Waals surface area contributed by atoms with Gasteiger partial charge in [0.05, 0.1) is 24.1 Å². The van der Waals surface area contributed by atoms with Gasteiger partial charge in [-0.15, -0.1) is 0 Å². The van der Waals surface area contributed by atoms with Crippen LogP contribution in [0.1, 0.15) is 24.6 Å².